The lowest BCUT2D eigenvalue weighted by molar-refractivity contribution is 0.442. The zero-order valence-corrected chi connectivity index (χ0v) is 7.88. The number of aromatic hydroxyl groups is 1. The van der Waals surface area contributed by atoms with Crippen LogP contribution in [-0.4, -0.2) is 11.7 Å². The Morgan fingerprint density at radius 3 is 3.15 bits per heavy atom. The van der Waals surface area contributed by atoms with Gasteiger partial charge in [0.05, 0.1) is 0 Å². The van der Waals surface area contributed by atoms with E-state index < -0.39 is 0 Å². The molecule has 0 aliphatic carbocycles. The molecule has 2 N–H and O–H groups in total. The van der Waals surface area contributed by atoms with Crippen LogP contribution in [0, 0.1) is 0 Å². The van der Waals surface area contributed by atoms with Crippen LogP contribution in [-0.2, 0) is 6.42 Å². The second-order valence-corrected chi connectivity index (χ2v) is 3.51. The van der Waals surface area contributed by atoms with Crippen molar-refractivity contribution in [2.24, 2.45) is 0 Å². The van der Waals surface area contributed by atoms with Crippen molar-refractivity contribution in [2.45, 2.75) is 25.8 Å². The predicted molar refractivity (Wildman–Crippen MR) is 52.8 cm³/mol. The van der Waals surface area contributed by atoms with Gasteiger partial charge in [0.1, 0.15) is 5.75 Å². The molecule has 0 bridgehead atoms. The maximum Gasteiger partial charge on any atom is 0.119 e. The summed E-state index contributed by atoms with van der Waals surface area (Å²) in [5.74, 6) is 0.456. The van der Waals surface area contributed by atoms with Gasteiger partial charge in [0.2, 0.25) is 0 Å². The van der Waals surface area contributed by atoms with Gasteiger partial charge in [0, 0.05) is 6.04 Å². The molecule has 2 nitrogen and oxygen atoms in total. The summed E-state index contributed by atoms with van der Waals surface area (Å²) in [7, 11) is 0. The van der Waals surface area contributed by atoms with Crippen LogP contribution in [0.1, 0.15) is 30.5 Å². The van der Waals surface area contributed by atoms with E-state index in [1.54, 1.807) is 6.07 Å². The molecule has 1 aliphatic rings. The van der Waals surface area contributed by atoms with Gasteiger partial charge in [-0.1, -0.05) is 19.1 Å². The van der Waals surface area contributed by atoms with Crippen molar-refractivity contribution in [3.05, 3.63) is 29.3 Å². The van der Waals surface area contributed by atoms with E-state index in [4.69, 9.17) is 0 Å². The van der Waals surface area contributed by atoms with Gasteiger partial charge in [0.25, 0.3) is 0 Å². The van der Waals surface area contributed by atoms with Crippen LogP contribution < -0.4 is 5.32 Å². The molecule has 0 saturated heterocycles. The quantitative estimate of drug-likeness (QED) is 0.687. The van der Waals surface area contributed by atoms with E-state index >= 15 is 0 Å². The Bertz CT molecular complexity index is 309. The van der Waals surface area contributed by atoms with Crippen LogP contribution in [0.5, 0.6) is 5.75 Å². The molecule has 1 aliphatic heterocycles. The van der Waals surface area contributed by atoms with E-state index in [-0.39, 0.29) is 0 Å². The van der Waals surface area contributed by atoms with Gasteiger partial charge >= 0.3 is 0 Å². The minimum Gasteiger partial charge on any atom is -0.508 e. The third-order valence-corrected chi connectivity index (χ3v) is 2.74. The molecule has 1 aromatic rings. The second-order valence-electron chi connectivity index (χ2n) is 3.51. The summed E-state index contributed by atoms with van der Waals surface area (Å²) in [6.07, 6.45) is 2.02. The van der Waals surface area contributed by atoms with Crippen molar-refractivity contribution in [1.29, 1.82) is 0 Å². The lowest BCUT2D eigenvalue weighted by Gasteiger charge is -2.26. The molecule has 70 valence electrons. The normalized spacial score (nSPS) is 21.2. The van der Waals surface area contributed by atoms with Gasteiger partial charge in [-0.2, -0.15) is 0 Å². The lowest BCUT2D eigenvalue weighted by atomic mass is 9.92. The van der Waals surface area contributed by atoms with Crippen LogP contribution in [0.3, 0.4) is 0 Å². The fourth-order valence-corrected chi connectivity index (χ4v) is 2.04. The average molecular weight is 177 g/mol. The Balaban J connectivity index is 2.45. The van der Waals surface area contributed by atoms with E-state index in [0.29, 0.717) is 11.8 Å². The Morgan fingerprint density at radius 2 is 2.38 bits per heavy atom. The van der Waals surface area contributed by atoms with E-state index in [1.807, 2.05) is 6.07 Å². The number of phenols is 1. The number of hydrogen-bond donors (Lipinski definition) is 2. The molecule has 2 rings (SSSR count). The third-order valence-electron chi connectivity index (χ3n) is 2.74. The molecule has 0 aromatic heterocycles. The molecule has 0 saturated carbocycles. The number of benzene rings is 1. The van der Waals surface area contributed by atoms with E-state index in [9.17, 15) is 5.11 Å². The maximum atomic E-state index is 9.64. The van der Waals surface area contributed by atoms with Crippen molar-refractivity contribution in [3.8, 4) is 5.75 Å². The fraction of sp³-hybridized carbons (Fsp3) is 0.455. The summed E-state index contributed by atoms with van der Waals surface area (Å²) in [5, 5.41) is 13.1. The van der Waals surface area contributed by atoms with Crippen LogP contribution in [0.2, 0.25) is 0 Å². The highest BCUT2D eigenvalue weighted by atomic mass is 16.3. The van der Waals surface area contributed by atoms with Crippen molar-refractivity contribution in [2.75, 3.05) is 6.54 Å². The number of nitrogens with one attached hydrogen (secondary N) is 1. The Labute approximate surface area is 78.6 Å². The van der Waals surface area contributed by atoms with Gasteiger partial charge in [-0.05, 0) is 36.6 Å². The minimum atomic E-state index is 0.427. The van der Waals surface area contributed by atoms with Crippen LogP contribution in [0.25, 0.3) is 0 Å². The average Bonchev–Trinajstić information content (AvgIpc) is 2.18. The number of fused-ring (bicyclic) bond motifs is 1. The molecule has 0 amide bonds. The molecule has 0 radical (unpaired) electrons. The maximum absolute atomic E-state index is 9.64. The van der Waals surface area contributed by atoms with Gasteiger partial charge in [-0.3, -0.25) is 0 Å². The van der Waals surface area contributed by atoms with Crippen LogP contribution in [0.15, 0.2) is 18.2 Å². The lowest BCUT2D eigenvalue weighted by Crippen LogP contribution is -2.29. The van der Waals surface area contributed by atoms with Crippen LogP contribution >= 0.6 is 0 Å². The van der Waals surface area contributed by atoms with Crippen LogP contribution in [0.4, 0.5) is 0 Å². The first-order chi connectivity index (χ1) is 6.33. The first kappa shape index (κ1) is 8.57. The molecular weight excluding hydrogens is 162 g/mol. The van der Waals surface area contributed by atoms with Crippen molar-refractivity contribution < 1.29 is 5.11 Å². The molecule has 1 heterocycles. The fourth-order valence-electron chi connectivity index (χ4n) is 2.04. The van der Waals surface area contributed by atoms with Gasteiger partial charge < -0.3 is 10.4 Å². The highest BCUT2D eigenvalue weighted by Gasteiger charge is 2.19. The SMILES string of the molecule is CCC1NCCc2c(O)cccc21. The Hall–Kier alpha value is -1.02. The van der Waals surface area contributed by atoms with Gasteiger partial charge in [0.15, 0.2) is 0 Å². The highest BCUT2D eigenvalue weighted by molar-refractivity contribution is 5.42. The zero-order chi connectivity index (χ0) is 9.26. The third kappa shape index (κ3) is 1.42. The van der Waals surface area contributed by atoms with Crippen molar-refractivity contribution in [3.63, 3.8) is 0 Å². The molecule has 0 spiro atoms. The molecule has 1 aromatic carbocycles. The summed E-state index contributed by atoms with van der Waals surface area (Å²) in [6, 6.07) is 6.23. The number of rotatable bonds is 1. The molecule has 13 heavy (non-hydrogen) atoms. The van der Waals surface area contributed by atoms with Gasteiger partial charge in [-0.15, -0.1) is 0 Å². The largest absolute Gasteiger partial charge is 0.508 e. The topological polar surface area (TPSA) is 32.3 Å². The summed E-state index contributed by atoms with van der Waals surface area (Å²) in [5.41, 5.74) is 2.40. The molecule has 2 heteroatoms. The Kier molecular flexibility index (Phi) is 2.23. The number of phenolic OH excluding ortho intramolecular Hbond substituents is 1. The predicted octanol–water partition coefficient (Wildman–Crippen LogP) is 1.99. The van der Waals surface area contributed by atoms with E-state index in [1.165, 1.54) is 5.56 Å². The molecule has 0 fully saturated rings. The molecular formula is C11H15NO. The summed E-state index contributed by atoms with van der Waals surface area (Å²) in [4.78, 5) is 0. The van der Waals surface area contributed by atoms with Crippen molar-refractivity contribution >= 4 is 0 Å². The van der Waals surface area contributed by atoms with E-state index in [0.717, 1.165) is 24.9 Å². The minimum absolute atomic E-state index is 0.427. The standard InChI is InChI=1S/C11H15NO/c1-2-10-8-4-3-5-11(13)9(8)6-7-12-10/h3-5,10,12-13H,2,6-7H2,1H3. The monoisotopic (exact) mass is 177 g/mol. The summed E-state index contributed by atoms with van der Waals surface area (Å²) < 4.78 is 0. The first-order valence-electron chi connectivity index (χ1n) is 4.87. The first-order valence-corrected chi connectivity index (χ1v) is 4.87. The summed E-state index contributed by atoms with van der Waals surface area (Å²) >= 11 is 0. The molecule has 1 atom stereocenters. The zero-order valence-electron chi connectivity index (χ0n) is 7.88. The molecule has 1 unspecified atom stereocenters. The van der Waals surface area contributed by atoms with E-state index in [2.05, 4.69) is 18.3 Å². The smallest absolute Gasteiger partial charge is 0.119 e. The second kappa shape index (κ2) is 3.38. The number of hydrogen-bond acceptors (Lipinski definition) is 2. The summed E-state index contributed by atoms with van der Waals surface area (Å²) in [6.45, 7) is 3.14. The van der Waals surface area contributed by atoms with Gasteiger partial charge in [-0.25, -0.2) is 0 Å². The highest BCUT2D eigenvalue weighted by Crippen LogP contribution is 2.30. The van der Waals surface area contributed by atoms with Crippen molar-refractivity contribution in [1.82, 2.24) is 5.32 Å². The Morgan fingerprint density at radius 1 is 1.54 bits per heavy atom.